The first kappa shape index (κ1) is 7.92. The van der Waals surface area contributed by atoms with Crippen molar-refractivity contribution in [2.45, 2.75) is 19.9 Å². The highest BCUT2D eigenvalue weighted by Crippen LogP contribution is 1.73. The average molecular weight is 117 g/mol. The Labute approximate surface area is 51.2 Å². The van der Waals surface area contributed by atoms with Gasteiger partial charge in [-0.15, -0.1) is 0 Å². The van der Waals surface area contributed by atoms with Crippen molar-refractivity contribution in [3.8, 4) is 0 Å². The smallest absolute Gasteiger partial charge is 0.132 e. The summed E-state index contributed by atoms with van der Waals surface area (Å²) in [5.41, 5.74) is 0. The second kappa shape index (κ2) is 5.06. The highest BCUT2D eigenvalue weighted by Gasteiger charge is 1.88. The molecule has 50 valence electrons. The maximum Gasteiger partial charge on any atom is 0.132 e. The molecule has 0 amide bonds. The van der Waals surface area contributed by atoms with Crippen molar-refractivity contribution < 1.29 is 4.74 Å². The molecule has 0 heterocycles. The number of hydrogen-bond donors (Lipinski definition) is 1. The number of hydrogen-bond acceptors (Lipinski definition) is 1. The van der Waals surface area contributed by atoms with Gasteiger partial charge in [-0.25, -0.2) is 0 Å². The molecule has 0 aromatic rings. The molecule has 2 N–H and O–H groups in total. The van der Waals surface area contributed by atoms with Gasteiger partial charge in [-0.3, -0.25) is 0 Å². The van der Waals surface area contributed by atoms with Crippen molar-refractivity contribution in [2.75, 3.05) is 13.2 Å². The number of ether oxygens (including phenoxy) is 1. The number of nitrogens with one attached hydrogen (secondary N) is 1. The van der Waals surface area contributed by atoms with E-state index in [4.69, 9.17) is 0 Å². The van der Waals surface area contributed by atoms with Gasteiger partial charge in [0.05, 0.1) is 6.54 Å². The van der Waals surface area contributed by atoms with Crippen LogP contribution in [0.25, 0.3) is 0 Å². The van der Waals surface area contributed by atoms with E-state index >= 15 is 0 Å². The summed E-state index contributed by atoms with van der Waals surface area (Å²) in [6.07, 6.45) is 0. The highest BCUT2D eigenvalue weighted by molar-refractivity contribution is 4.49. The fraction of sp³-hybridized carbons (Fsp3) is 0.833. The summed E-state index contributed by atoms with van der Waals surface area (Å²) in [5.74, 6) is 0. The Morgan fingerprint density at radius 2 is 2.25 bits per heavy atom. The van der Waals surface area contributed by atoms with Crippen LogP contribution in [0.3, 0.4) is 0 Å². The van der Waals surface area contributed by atoms with E-state index in [0.29, 0.717) is 6.04 Å². The van der Waals surface area contributed by atoms with Crippen molar-refractivity contribution in [1.29, 1.82) is 0 Å². The average Bonchev–Trinajstić information content (AvgIpc) is 1.66. The zero-order valence-corrected chi connectivity index (χ0v) is 5.65. The zero-order chi connectivity index (χ0) is 6.41. The molecule has 0 unspecified atom stereocenters. The van der Waals surface area contributed by atoms with E-state index in [9.17, 15) is 0 Å². The van der Waals surface area contributed by atoms with Crippen molar-refractivity contribution in [2.24, 2.45) is 0 Å². The molecule has 2 heteroatoms. The van der Waals surface area contributed by atoms with E-state index in [1.54, 1.807) is 0 Å². The van der Waals surface area contributed by atoms with Crippen molar-refractivity contribution >= 4 is 0 Å². The summed E-state index contributed by atoms with van der Waals surface area (Å²) in [7, 11) is 3.37. The summed E-state index contributed by atoms with van der Waals surface area (Å²) in [5, 5.41) is 3.21. The molecule has 0 aromatic carbocycles. The van der Waals surface area contributed by atoms with Crippen LogP contribution in [0.15, 0.2) is 0 Å². The van der Waals surface area contributed by atoms with E-state index in [1.165, 1.54) is 0 Å². The van der Waals surface area contributed by atoms with Crippen LogP contribution in [0, 0.1) is 7.11 Å². The van der Waals surface area contributed by atoms with Crippen LogP contribution in [-0.2, 0) is 0 Å². The lowest BCUT2D eigenvalue weighted by molar-refractivity contribution is 0.0579. The molecule has 0 aliphatic heterocycles. The van der Waals surface area contributed by atoms with Crippen molar-refractivity contribution in [3.63, 3.8) is 0 Å². The quantitative estimate of drug-likeness (QED) is 0.320. The van der Waals surface area contributed by atoms with Crippen molar-refractivity contribution in [1.82, 2.24) is 5.32 Å². The summed E-state index contributed by atoms with van der Waals surface area (Å²) >= 11 is 0. The first-order chi connectivity index (χ1) is 3.77. The van der Waals surface area contributed by atoms with E-state index in [0.717, 1.165) is 13.2 Å². The maximum atomic E-state index is 3.70. The molecular weight excluding hydrogens is 102 g/mol. The van der Waals surface area contributed by atoms with Gasteiger partial charge in [-0.2, -0.15) is 0 Å². The first-order valence-electron chi connectivity index (χ1n) is 2.93. The van der Waals surface area contributed by atoms with Gasteiger partial charge in [0.1, 0.15) is 6.61 Å². The van der Waals surface area contributed by atoms with Gasteiger partial charge in [-0.1, -0.05) is 21.0 Å². The molecule has 0 aliphatic rings. The summed E-state index contributed by atoms with van der Waals surface area (Å²) in [6.45, 7) is 5.99. The molecule has 0 spiro atoms. The molecule has 0 bridgehead atoms. The summed E-state index contributed by atoms with van der Waals surface area (Å²) in [4.78, 5) is 0. The first-order valence-corrected chi connectivity index (χ1v) is 2.93. The molecule has 0 aromatic heterocycles. The molecule has 8 heavy (non-hydrogen) atoms. The van der Waals surface area contributed by atoms with E-state index < -0.39 is 0 Å². The van der Waals surface area contributed by atoms with Gasteiger partial charge >= 0.3 is 0 Å². The van der Waals surface area contributed by atoms with Gasteiger partial charge in [0.2, 0.25) is 0 Å². The Morgan fingerprint density at radius 3 is 2.62 bits per heavy atom. The van der Waals surface area contributed by atoms with Crippen LogP contribution in [0.2, 0.25) is 0 Å². The Kier molecular flexibility index (Phi) is 5.01. The topological polar surface area (TPSA) is 24.8 Å². The second-order valence-corrected chi connectivity index (χ2v) is 2.06. The fourth-order valence-electron chi connectivity index (χ4n) is 0.432. The van der Waals surface area contributed by atoms with E-state index in [1.807, 2.05) is 0 Å². The third-order valence-corrected chi connectivity index (χ3v) is 0.823. The van der Waals surface area contributed by atoms with Crippen LogP contribution < -0.4 is 5.32 Å². The predicted octanol–water partition coefficient (Wildman–Crippen LogP) is 0.304. The standard InChI is InChI=1S/C6H15NO/c1-6(2)7-4-5-8-3/h6-8H,3-5H2,1-2H3. The lowest BCUT2D eigenvalue weighted by Gasteiger charge is -2.05. The fourth-order valence-corrected chi connectivity index (χ4v) is 0.432. The maximum absolute atomic E-state index is 3.70. The molecule has 0 saturated heterocycles. The third-order valence-electron chi connectivity index (χ3n) is 0.823. The Hall–Kier alpha value is -0.0800. The second-order valence-electron chi connectivity index (χ2n) is 2.06. The Bertz CT molecular complexity index is 45.8. The Balaban J connectivity index is 2.72. The largest absolute Gasteiger partial charge is 0.581 e. The van der Waals surface area contributed by atoms with Crippen LogP contribution in [0.4, 0.5) is 0 Å². The lowest BCUT2D eigenvalue weighted by Crippen LogP contribution is -2.26. The van der Waals surface area contributed by atoms with Gasteiger partial charge in [0.25, 0.3) is 0 Å². The van der Waals surface area contributed by atoms with E-state index in [2.05, 4.69) is 31.0 Å². The molecule has 0 rings (SSSR count). The normalized spacial score (nSPS) is 10.5. The van der Waals surface area contributed by atoms with Crippen LogP contribution >= 0.6 is 0 Å². The van der Waals surface area contributed by atoms with Crippen molar-refractivity contribution in [3.05, 3.63) is 7.11 Å². The molecule has 0 atom stereocenters. The molecule has 0 fully saturated rings. The minimum Gasteiger partial charge on any atom is -0.581 e. The summed E-state index contributed by atoms with van der Waals surface area (Å²) < 4.78 is 3.70. The number of aliphatic hydroxyl groups is 2. The summed E-state index contributed by atoms with van der Waals surface area (Å²) in [6, 6.07) is 0.566. The predicted molar refractivity (Wildman–Crippen MR) is 35.6 cm³/mol. The van der Waals surface area contributed by atoms with Gasteiger partial charge < -0.3 is 10.1 Å². The van der Waals surface area contributed by atoms with Gasteiger partial charge in [0, 0.05) is 6.04 Å². The van der Waals surface area contributed by atoms with Gasteiger partial charge in [-0.05, 0) is 0 Å². The molecule has 0 aliphatic carbocycles. The van der Waals surface area contributed by atoms with Gasteiger partial charge in [0.15, 0.2) is 0 Å². The number of rotatable bonds is 4. The SMILES string of the molecule is [CH2-][OH+]CCNC(C)C. The van der Waals surface area contributed by atoms with Crippen LogP contribution in [0.5, 0.6) is 0 Å². The lowest BCUT2D eigenvalue weighted by atomic mass is 10.4. The minimum absolute atomic E-state index is 0.566. The third kappa shape index (κ3) is 5.92. The van der Waals surface area contributed by atoms with Crippen LogP contribution in [-0.4, -0.2) is 23.9 Å². The van der Waals surface area contributed by atoms with E-state index in [-0.39, 0.29) is 0 Å². The zero-order valence-electron chi connectivity index (χ0n) is 5.65. The Morgan fingerprint density at radius 1 is 1.62 bits per heavy atom. The minimum atomic E-state index is 0.566. The van der Waals surface area contributed by atoms with Crippen LogP contribution in [0.1, 0.15) is 13.8 Å². The monoisotopic (exact) mass is 117 g/mol. The molecule has 0 radical (unpaired) electrons. The molecular formula is C6H15NO. The highest BCUT2D eigenvalue weighted by atomic mass is 16.5. The molecule has 2 nitrogen and oxygen atoms in total. The molecule has 0 saturated carbocycles.